The van der Waals surface area contributed by atoms with Crippen LogP contribution in [0, 0.1) is 6.92 Å². The van der Waals surface area contributed by atoms with Crippen LogP contribution in [0.5, 0.6) is 0 Å². The number of carbonyl (C=O) groups is 1. The van der Waals surface area contributed by atoms with Gasteiger partial charge in [0.25, 0.3) is 5.91 Å². The maximum absolute atomic E-state index is 12.7. The molecule has 1 N–H and O–H groups in total. The van der Waals surface area contributed by atoms with Gasteiger partial charge < -0.3 is 14.6 Å². The summed E-state index contributed by atoms with van der Waals surface area (Å²) in [5.74, 6) is 0.386. The lowest BCUT2D eigenvalue weighted by molar-refractivity contribution is 0.0730. The fourth-order valence-electron chi connectivity index (χ4n) is 2.68. The number of nitrogens with zero attached hydrogens (tertiary/aromatic N) is 2. The molecule has 1 aromatic heterocycles. The summed E-state index contributed by atoms with van der Waals surface area (Å²) in [6, 6.07) is 7.87. The van der Waals surface area contributed by atoms with E-state index in [2.05, 4.69) is 10.5 Å². The van der Waals surface area contributed by atoms with Crippen molar-refractivity contribution in [3.05, 3.63) is 47.3 Å². The van der Waals surface area contributed by atoms with Crippen LogP contribution in [0.25, 0.3) is 0 Å². The molecule has 1 aromatic carbocycles. The van der Waals surface area contributed by atoms with E-state index in [0.717, 1.165) is 5.69 Å². The van der Waals surface area contributed by atoms with Gasteiger partial charge in [0.15, 0.2) is 0 Å². The van der Waals surface area contributed by atoms with E-state index in [1.807, 2.05) is 6.07 Å². The first kappa shape index (κ1) is 18.6. The number of nitrogens with one attached hydrogen (secondary N) is 1. The van der Waals surface area contributed by atoms with Crippen LogP contribution >= 0.6 is 0 Å². The van der Waals surface area contributed by atoms with E-state index in [-0.39, 0.29) is 10.8 Å². The Hall–Kier alpha value is -2.23. The van der Waals surface area contributed by atoms with Gasteiger partial charge in [-0.25, -0.2) is 8.42 Å². The van der Waals surface area contributed by atoms with Gasteiger partial charge in [0.05, 0.1) is 23.8 Å². The first-order valence-corrected chi connectivity index (χ1v) is 9.79. The molecule has 3 rings (SSSR count). The monoisotopic (exact) mass is 379 g/mol. The number of amides is 1. The number of carbonyl (C=O) groups excluding carboxylic acids is 1. The highest BCUT2D eigenvalue weighted by atomic mass is 32.2. The third-order valence-electron chi connectivity index (χ3n) is 4.05. The van der Waals surface area contributed by atoms with E-state index in [9.17, 15) is 13.2 Å². The molecule has 0 bridgehead atoms. The summed E-state index contributed by atoms with van der Waals surface area (Å²) < 4.78 is 36.9. The van der Waals surface area contributed by atoms with E-state index < -0.39 is 10.0 Å². The average molecular weight is 379 g/mol. The Kier molecular flexibility index (Phi) is 5.70. The van der Waals surface area contributed by atoms with Crippen LogP contribution < -0.4 is 5.32 Å². The minimum Gasteiger partial charge on any atom is -0.379 e. The zero-order chi connectivity index (χ0) is 18.6. The van der Waals surface area contributed by atoms with E-state index in [4.69, 9.17) is 9.26 Å². The second-order valence-corrected chi connectivity index (χ2v) is 7.92. The zero-order valence-electron chi connectivity index (χ0n) is 14.5. The van der Waals surface area contributed by atoms with Crippen molar-refractivity contribution in [1.29, 1.82) is 0 Å². The predicted octanol–water partition coefficient (Wildman–Crippen LogP) is 0.976. The van der Waals surface area contributed by atoms with E-state index in [0.29, 0.717) is 50.6 Å². The molecule has 0 atom stereocenters. The first-order chi connectivity index (χ1) is 12.5. The van der Waals surface area contributed by atoms with Gasteiger partial charge in [-0.15, -0.1) is 0 Å². The van der Waals surface area contributed by atoms with Crippen molar-refractivity contribution in [1.82, 2.24) is 14.8 Å². The Balaban J connectivity index is 1.65. The highest BCUT2D eigenvalue weighted by Crippen LogP contribution is 2.18. The molecule has 0 aliphatic carbocycles. The molecule has 0 unspecified atom stereocenters. The second kappa shape index (κ2) is 7.98. The lowest BCUT2D eigenvalue weighted by atomic mass is 10.2. The van der Waals surface area contributed by atoms with Gasteiger partial charge in [0.1, 0.15) is 5.76 Å². The van der Waals surface area contributed by atoms with E-state index >= 15 is 0 Å². The van der Waals surface area contributed by atoms with Gasteiger partial charge in [0.2, 0.25) is 10.0 Å². The topological polar surface area (TPSA) is 102 Å². The minimum atomic E-state index is -3.63. The number of ether oxygens (including phenoxy) is 1. The van der Waals surface area contributed by atoms with Crippen molar-refractivity contribution in [3.63, 3.8) is 0 Å². The molecule has 140 valence electrons. The normalized spacial score (nSPS) is 15.7. The maximum atomic E-state index is 12.7. The largest absolute Gasteiger partial charge is 0.379 e. The third kappa shape index (κ3) is 4.29. The maximum Gasteiger partial charge on any atom is 0.251 e. The SMILES string of the molecule is Cc1cc(CCNC(=O)c2cccc(S(=O)(=O)N3CCOCC3)c2)no1. The molecule has 0 spiro atoms. The van der Waals surface area contributed by atoms with Gasteiger partial charge in [-0.2, -0.15) is 4.31 Å². The lowest BCUT2D eigenvalue weighted by Gasteiger charge is -2.26. The summed E-state index contributed by atoms with van der Waals surface area (Å²) in [4.78, 5) is 12.4. The van der Waals surface area contributed by atoms with Crippen LogP contribution in [0.1, 0.15) is 21.8 Å². The Labute approximate surface area is 152 Å². The summed E-state index contributed by atoms with van der Waals surface area (Å²) in [6.45, 7) is 3.56. The summed E-state index contributed by atoms with van der Waals surface area (Å²) in [5.41, 5.74) is 1.06. The third-order valence-corrected chi connectivity index (χ3v) is 5.94. The summed E-state index contributed by atoms with van der Waals surface area (Å²) >= 11 is 0. The summed E-state index contributed by atoms with van der Waals surface area (Å²) in [6.07, 6.45) is 0.537. The molecule has 1 saturated heterocycles. The molecule has 2 aromatic rings. The van der Waals surface area contributed by atoms with Crippen molar-refractivity contribution in [2.24, 2.45) is 0 Å². The van der Waals surface area contributed by atoms with Gasteiger partial charge in [-0.05, 0) is 25.1 Å². The smallest absolute Gasteiger partial charge is 0.251 e. The van der Waals surface area contributed by atoms with Gasteiger partial charge in [0, 0.05) is 37.7 Å². The number of rotatable bonds is 6. The van der Waals surface area contributed by atoms with Gasteiger partial charge in [-0.3, -0.25) is 4.79 Å². The minimum absolute atomic E-state index is 0.110. The lowest BCUT2D eigenvalue weighted by Crippen LogP contribution is -2.40. The molecule has 1 aliphatic heterocycles. The van der Waals surface area contributed by atoms with E-state index in [1.165, 1.54) is 16.4 Å². The molecule has 1 amide bonds. The Morgan fingerprint density at radius 3 is 2.73 bits per heavy atom. The number of benzene rings is 1. The van der Waals surface area contributed by atoms with E-state index in [1.54, 1.807) is 19.1 Å². The van der Waals surface area contributed by atoms with Crippen molar-refractivity contribution in [2.75, 3.05) is 32.8 Å². The standard InChI is InChI=1S/C17H21N3O5S/c1-13-11-15(19-25-13)5-6-18-17(21)14-3-2-4-16(12-14)26(22,23)20-7-9-24-10-8-20/h2-4,11-12H,5-10H2,1H3,(H,18,21). The molecular weight excluding hydrogens is 358 g/mol. The van der Waals surface area contributed by atoms with Gasteiger partial charge >= 0.3 is 0 Å². The Morgan fingerprint density at radius 1 is 1.27 bits per heavy atom. The van der Waals surface area contributed by atoms with Crippen molar-refractivity contribution in [2.45, 2.75) is 18.2 Å². The van der Waals surface area contributed by atoms with Crippen molar-refractivity contribution in [3.8, 4) is 0 Å². The summed E-state index contributed by atoms with van der Waals surface area (Å²) in [5, 5.41) is 6.63. The Morgan fingerprint density at radius 2 is 2.04 bits per heavy atom. The molecule has 9 heteroatoms. The van der Waals surface area contributed by atoms with Crippen LogP contribution in [0.15, 0.2) is 39.8 Å². The number of aromatic nitrogens is 1. The number of aryl methyl sites for hydroxylation is 1. The van der Waals surface area contributed by atoms with Crippen LogP contribution in [-0.2, 0) is 21.2 Å². The molecular formula is C17H21N3O5S. The van der Waals surface area contributed by atoms with Crippen molar-refractivity contribution >= 4 is 15.9 Å². The highest BCUT2D eigenvalue weighted by Gasteiger charge is 2.26. The van der Waals surface area contributed by atoms with Crippen LogP contribution in [-0.4, -0.2) is 56.6 Å². The molecule has 1 aliphatic rings. The van der Waals surface area contributed by atoms with Crippen LogP contribution in [0.4, 0.5) is 0 Å². The quantitative estimate of drug-likeness (QED) is 0.803. The first-order valence-electron chi connectivity index (χ1n) is 8.35. The van der Waals surface area contributed by atoms with Crippen LogP contribution in [0.2, 0.25) is 0 Å². The zero-order valence-corrected chi connectivity index (χ0v) is 15.3. The molecule has 2 heterocycles. The van der Waals surface area contributed by atoms with Crippen molar-refractivity contribution < 1.29 is 22.5 Å². The number of hydrogen-bond donors (Lipinski definition) is 1. The number of sulfonamides is 1. The molecule has 26 heavy (non-hydrogen) atoms. The fraction of sp³-hybridized carbons (Fsp3) is 0.412. The van der Waals surface area contributed by atoms with Crippen LogP contribution in [0.3, 0.4) is 0 Å². The second-order valence-electron chi connectivity index (χ2n) is 5.98. The summed E-state index contributed by atoms with van der Waals surface area (Å²) in [7, 11) is -3.63. The number of hydrogen-bond acceptors (Lipinski definition) is 6. The van der Waals surface area contributed by atoms with Gasteiger partial charge in [-0.1, -0.05) is 11.2 Å². The molecule has 0 saturated carbocycles. The average Bonchev–Trinajstić information content (AvgIpc) is 3.07. The molecule has 1 fully saturated rings. The molecule has 8 nitrogen and oxygen atoms in total. The fourth-order valence-corrected chi connectivity index (χ4v) is 4.13. The highest BCUT2D eigenvalue weighted by molar-refractivity contribution is 7.89. The predicted molar refractivity (Wildman–Crippen MR) is 93.3 cm³/mol. The molecule has 0 radical (unpaired) electrons. The Bertz CT molecular complexity index is 872. The number of morpholine rings is 1.